The predicted octanol–water partition coefficient (Wildman–Crippen LogP) is -7.26. The van der Waals surface area contributed by atoms with E-state index < -0.39 is 24.3 Å². The Morgan fingerprint density at radius 2 is 1.59 bits per heavy atom. The molecule has 0 radical (unpaired) electrons. The van der Waals surface area contributed by atoms with Crippen LogP contribution in [-0.4, -0.2) is 11.9 Å². The van der Waals surface area contributed by atoms with Crippen LogP contribution in [0.1, 0.15) is 12.0 Å². The van der Waals surface area contributed by atoms with E-state index in [4.69, 9.17) is 0 Å². The summed E-state index contributed by atoms with van der Waals surface area (Å²) in [5.41, 5.74) is 0.771. The molecule has 0 saturated heterocycles. The average molecular weight is 472 g/mol. The number of rotatable bonds is 5. The summed E-state index contributed by atoms with van der Waals surface area (Å²) in [4.78, 5) is 20.9. The molecule has 0 aromatic heterocycles. The molecule has 0 spiro atoms. The van der Waals surface area contributed by atoms with Crippen LogP contribution in [0.15, 0.2) is 30.3 Å². The van der Waals surface area contributed by atoms with Crippen LogP contribution >= 0.6 is 0 Å². The maximum absolute atomic E-state index is 10.6. The van der Waals surface area contributed by atoms with Gasteiger partial charge in [-0.15, -0.1) is 0 Å². The van der Waals surface area contributed by atoms with E-state index in [-0.39, 0.29) is 144 Å². The molecular weight excluding hydrogens is 462 g/mol. The molecule has 0 aliphatic heterocycles. The van der Waals surface area contributed by atoms with Crippen LogP contribution in [0.3, 0.4) is 0 Å². The number of aliphatic carboxylic acids is 2. The first-order valence-electron chi connectivity index (χ1n) is 4.54. The fraction of sp³-hybridized carbons (Fsp3) is 0.273. The Bertz CT molecular complexity index is 354. The van der Waals surface area contributed by atoms with Crippen molar-refractivity contribution in [2.75, 3.05) is 0 Å². The Kier molecular flexibility index (Phi) is 15.3. The van der Waals surface area contributed by atoms with Crippen molar-refractivity contribution < 1.29 is 158 Å². The minimum atomic E-state index is -1.37. The molecule has 1 unspecified atom stereocenters. The molecule has 1 atom stereocenters. The van der Waals surface area contributed by atoms with Crippen LogP contribution in [0.5, 0.6) is 0 Å². The molecule has 80 valence electrons. The number of benzene rings is 1. The standard InChI is InChI=1S/C11H12O4.2Cs/c12-10(13)7-9(11(14)15)6-8-4-2-1-3-5-8;;/h1-5,9H,6-7H2,(H,12,13)(H,14,15);;/q;2*+1/p-2. The van der Waals surface area contributed by atoms with Gasteiger partial charge in [0.05, 0.1) is 0 Å². The van der Waals surface area contributed by atoms with Gasteiger partial charge in [0.15, 0.2) is 0 Å². The second-order valence-electron chi connectivity index (χ2n) is 3.28. The monoisotopic (exact) mass is 472 g/mol. The molecular formula is C11H10Cs2O4. The maximum atomic E-state index is 10.6. The quantitative estimate of drug-likeness (QED) is 0.427. The first-order valence-corrected chi connectivity index (χ1v) is 4.54. The molecule has 0 bridgehead atoms. The van der Waals surface area contributed by atoms with Gasteiger partial charge in [-0.05, 0) is 18.4 Å². The molecule has 1 aromatic rings. The number of carboxylic acid groups (broad SMARTS) is 2. The number of carbonyl (C=O) groups excluding carboxylic acids is 2. The van der Waals surface area contributed by atoms with Crippen molar-refractivity contribution in [1.82, 2.24) is 0 Å². The molecule has 6 heteroatoms. The molecule has 0 heterocycles. The van der Waals surface area contributed by atoms with Gasteiger partial charge in [-0.1, -0.05) is 30.3 Å². The molecule has 0 fully saturated rings. The summed E-state index contributed by atoms with van der Waals surface area (Å²) < 4.78 is 0. The third-order valence-electron chi connectivity index (χ3n) is 2.07. The topological polar surface area (TPSA) is 80.3 Å². The molecule has 1 aromatic carbocycles. The van der Waals surface area contributed by atoms with Gasteiger partial charge in [-0.2, -0.15) is 0 Å². The molecule has 0 N–H and O–H groups in total. The van der Waals surface area contributed by atoms with Gasteiger partial charge in [0, 0.05) is 17.9 Å². The van der Waals surface area contributed by atoms with Gasteiger partial charge < -0.3 is 19.8 Å². The largest absolute Gasteiger partial charge is 1.00 e. The van der Waals surface area contributed by atoms with E-state index in [1.165, 1.54) is 0 Å². The fourth-order valence-corrected chi connectivity index (χ4v) is 1.34. The Balaban J connectivity index is 0. The Labute approximate surface area is 218 Å². The van der Waals surface area contributed by atoms with Gasteiger partial charge in [0.1, 0.15) is 0 Å². The Hall–Kier alpha value is 2.26. The third-order valence-corrected chi connectivity index (χ3v) is 2.07. The minimum absolute atomic E-state index is 0. The minimum Gasteiger partial charge on any atom is -0.550 e. The Morgan fingerprint density at radius 1 is 1.06 bits per heavy atom. The van der Waals surface area contributed by atoms with Crippen molar-refractivity contribution >= 4 is 11.9 Å². The SMILES string of the molecule is O=C([O-])CC(Cc1ccccc1)C(=O)[O-].[Cs+].[Cs+]. The van der Waals surface area contributed by atoms with Crippen LogP contribution in [0.2, 0.25) is 0 Å². The average Bonchev–Trinajstić information content (AvgIpc) is 2.17. The maximum Gasteiger partial charge on any atom is 1.00 e. The van der Waals surface area contributed by atoms with Crippen LogP contribution in [0.25, 0.3) is 0 Å². The van der Waals surface area contributed by atoms with Crippen molar-refractivity contribution in [3.8, 4) is 0 Å². The predicted molar refractivity (Wildman–Crippen MR) is 48.3 cm³/mol. The zero-order chi connectivity index (χ0) is 11.3. The van der Waals surface area contributed by atoms with E-state index in [1.807, 2.05) is 0 Å². The number of hydrogen-bond donors (Lipinski definition) is 0. The number of hydrogen-bond acceptors (Lipinski definition) is 4. The zero-order valence-electron chi connectivity index (χ0n) is 10.0. The van der Waals surface area contributed by atoms with E-state index in [1.54, 1.807) is 30.3 Å². The normalized spacial score (nSPS) is 10.6. The van der Waals surface area contributed by atoms with Gasteiger partial charge >= 0.3 is 138 Å². The first-order chi connectivity index (χ1) is 7.09. The second kappa shape index (κ2) is 12.0. The van der Waals surface area contributed by atoms with Crippen molar-refractivity contribution in [3.05, 3.63) is 35.9 Å². The summed E-state index contributed by atoms with van der Waals surface area (Å²) in [6.07, 6.45) is -0.367. The summed E-state index contributed by atoms with van der Waals surface area (Å²) >= 11 is 0. The van der Waals surface area contributed by atoms with Gasteiger partial charge in [-0.25, -0.2) is 0 Å². The van der Waals surface area contributed by atoms with E-state index in [0.717, 1.165) is 5.56 Å². The Morgan fingerprint density at radius 3 is 2.00 bits per heavy atom. The molecule has 0 aliphatic rings. The van der Waals surface area contributed by atoms with Crippen molar-refractivity contribution in [2.24, 2.45) is 5.92 Å². The number of carbonyl (C=O) groups is 2. The van der Waals surface area contributed by atoms with Crippen LogP contribution in [0, 0.1) is 5.92 Å². The van der Waals surface area contributed by atoms with Crippen LogP contribution in [-0.2, 0) is 16.0 Å². The summed E-state index contributed by atoms with van der Waals surface area (Å²) in [6.45, 7) is 0. The van der Waals surface area contributed by atoms with Crippen molar-refractivity contribution in [2.45, 2.75) is 12.8 Å². The van der Waals surface area contributed by atoms with Crippen LogP contribution < -0.4 is 148 Å². The van der Waals surface area contributed by atoms with Crippen molar-refractivity contribution in [1.29, 1.82) is 0 Å². The van der Waals surface area contributed by atoms with E-state index in [0.29, 0.717) is 0 Å². The smallest absolute Gasteiger partial charge is 0.550 e. The fourth-order valence-electron chi connectivity index (χ4n) is 1.34. The third kappa shape index (κ3) is 9.75. The zero-order valence-corrected chi connectivity index (χ0v) is 22.6. The van der Waals surface area contributed by atoms with Gasteiger partial charge in [0.2, 0.25) is 0 Å². The van der Waals surface area contributed by atoms with Crippen LogP contribution in [0.4, 0.5) is 0 Å². The number of carboxylic acids is 2. The molecule has 17 heavy (non-hydrogen) atoms. The summed E-state index contributed by atoms with van der Waals surface area (Å²) in [5.74, 6) is -3.76. The second-order valence-corrected chi connectivity index (χ2v) is 3.28. The molecule has 0 amide bonds. The van der Waals surface area contributed by atoms with E-state index in [9.17, 15) is 19.8 Å². The van der Waals surface area contributed by atoms with E-state index >= 15 is 0 Å². The van der Waals surface area contributed by atoms with Crippen molar-refractivity contribution in [3.63, 3.8) is 0 Å². The van der Waals surface area contributed by atoms with Gasteiger partial charge in [-0.3, -0.25) is 0 Å². The molecule has 0 aliphatic carbocycles. The first kappa shape index (κ1) is 21.6. The molecule has 0 saturated carbocycles. The molecule has 4 nitrogen and oxygen atoms in total. The molecule has 1 rings (SSSR count). The van der Waals surface area contributed by atoms with Gasteiger partial charge in [0.25, 0.3) is 0 Å². The summed E-state index contributed by atoms with van der Waals surface area (Å²) in [7, 11) is 0. The summed E-state index contributed by atoms with van der Waals surface area (Å²) in [6, 6.07) is 8.81. The van der Waals surface area contributed by atoms with E-state index in [2.05, 4.69) is 0 Å². The summed E-state index contributed by atoms with van der Waals surface area (Å²) in [5, 5.41) is 20.9.